The van der Waals surface area contributed by atoms with E-state index in [1.165, 1.54) is 15.9 Å². The molecule has 0 radical (unpaired) electrons. The van der Waals surface area contributed by atoms with E-state index in [1.807, 2.05) is 60.5 Å². The molecule has 4 rings (SSSR count). The molecule has 1 fully saturated rings. The number of pyridine rings is 1. The van der Waals surface area contributed by atoms with Crippen molar-refractivity contribution in [1.29, 1.82) is 0 Å². The largest absolute Gasteiger partial charge is 0.362 e. The van der Waals surface area contributed by atoms with Gasteiger partial charge in [-0.2, -0.15) is 0 Å². The topological polar surface area (TPSA) is 91.9 Å². The van der Waals surface area contributed by atoms with Gasteiger partial charge in [0.25, 0.3) is 5.91 Å². The van der Waals surface area contributed by atoms with Crippen molar-refractivity contribution in [1.82, 2.24) is 14.4 Å². The van der Waals surface area contributed by atoms with Crippen LogP contribution in [0.3, 0.4) is 0 Å². The molecule has 180 valence electrons. The van der Waals surface area contributed by atoms with Gasteiger partial charge in [0.2, 0.25) is 0 Å². The van der Waals surface area contributed by atoms with E-state index in [-0.39, 0.29) is 11.6 Å². The minimum atomic E-state index is -0.577. The van der Waals surface area contributed by atoms with Gasteiger partial charge in [-0.1, -0.05) is 17.7 Å². The molecule has 1 amide bonds. The molecule has 3 heterocycles. The molecule has 0 N–H and O–H groups in total. The molecule has 1 aromatic carbocycles. The standard InChI is InChI=1S/C24H29N5O4S/c1-17-7-8-19-18(16-17)21(22(29(32)33)24(31)28(19)10-5-9-25(2)3)26-11-13-27(14-12-26)23(30)20-6-4-15-34-20/h4,6-8,15-16H,5,9-14H2,1-3H3. The van der Waals surface area contributed by atoms with Crippen molar-refractivity contribution in [3.8, 4) is 0 Å². The zero-order valence-electron chi connectivity index (χ0n) is 19.7. The quantitative estimate of drug-likeness (QED) is 0.379. The maximum absolute atomic E-state index is 13.4. The molecular formula is C24H29N5O4S. The van der Waals surface area contributed by atoms with Gasteiger partial charge in [0, 0.05) is 38.1 Å². The highest BCUT2D eigenvalue weighted by Crippen LogP contribution is 2.35. The molecule has 10 heteroatoms. The predicted octanol–water partition coefficient (Wildman–Crippen LogP) is 3.19. The summed E-state index contributed by atoms with van der Waals surface area (Å²) in [4.78, 5) is 44.1. The van der Waals surface area contributed by atoms with Crippen molar-refractivity contribution in [2.75, 3.05) is 51.7 Å². The van der Waals surface area contributed by atoms with Crippen LogP contribution in [0.1, 0.15) is 21.7 Å². The predicted molar refractivity (Wildman–Crippen MR) is 135 cm³/mol. The number of fused-ring (bicyclic) bond motifs is 1. The third-order valence-electron chi connectivity index (χ3n) is 6.15. The first kappa shape index (κ1) is 23.9. The van der Waals surface area contributed by atoms with Crippen LogP contribution in [0.25, 0.3) is 10.9 Å². The van der Waals surface area contributed by atoms with Crippen LogP contribution in [0.2, 0.25) is 0 Å². The van der Waals surface area contributed by atoms with Crippen LogP contribution >= 0.6 is 11.3 Å². The van der Waals surface area contributed by atoms with Gasteiger partial charge in [0.15, 0.2) is 0 Å². The van der Waals surface area contributed by atoms with Gasteiger partial charge in [-0.05, 0) is 57.6 Å². The highest BCUT2D eigenvalue weighted by atomic mass is 32.1. The molecule has 0 atom stereocenters. The van der Waals surface area contributed by atoms with Crippen LogP contribution in [0.4, 0.5) is 11.4 Å². The summed E-state index contributed by atoms with van der Waals surface area (Å²) in [6, 6.07) is 9.38. The number of carbonyl (C=O) groups excluding carboxylic acids is 1. The fourth-order valence-electron chi connectivity index (χ4n) is 4.48. The Morgan fingerprint density at radius 1 is 1.18 bits per heavy atom. The molecule has 0 spiro atoms. The van der Waals surface area contributed by atoms with Crippen LogP contribution in [0, 0.1) is 17.0 Å². The van der Waals surface area contributed by atoms with Crippen LogP contribution in [-0.4, -0.2) is 72.0 Å². The van der Waals surface area contributed by atoms with Crippen LogP contribution in [0.15, 0.2) is 40.5 Å². The van der Waals surface area contributed by atoms with Crippen LogP contribution in [0.5, 0.6) is 0 Å². The number of nitro groups is 1. The minimum absolute atomic E-state index is 0.0267. The molecule has 0 aliphatic carbocycles. The van der Waals surface area contributed by atoms with E-state index in [0.717, 1.165) is 12.1 Å². The second kappa shape index (κ2) is 9.94. The summed E-state index contributed by atoms with van der Waals surface area (Å²) in [7, 11) is 3.91. The number of rotatable bonds is 7. The van der Waals surface area contributed by atoms with E-state index in [4.69, 9.17) is 0 Å². The molecular weight excluding hydrogens is 454 g/mol. The number of aromatic nitrogens is 1. The lowest BCUT2D eigenvalue weighted by atomic mass is 10.1. The maximum atomic E-state index is 13.4. The first-order valence-electron chi connectivity index (χ1n) is 11.3. The second-order valence-electron chi connectivity index (χ2n) is 8.85. The number of hydrogen-bond donors (Lipinski definition) is 0. The molecule has 9 nitrogen and oxygen atoms in total. The van der Waals surface area contributed by atoms with Crippen LogP contribution in [-0.2, 0) is 6.54 Å². The Morgan fingerprint density at radius 2 is 1.91 bits per heavy atom. The summed E-state index contributed by atoms with van der Waals surface area (Å²) in [6.07, 6.45) is 0.704. The van der Waals surface area contributed by atoms with Crippen LogP contribution < -0.4 is 10.5 Å². The molecule has 0 bridgehead atoms. The number of carbonyl (C=O) groups is 1. The molecule has 1 saturated heterocycles. The number of anilines is 1. The Balaban J connectivity index is 1.73. The Kier molecular flexibility index (Phi) is 6.99. The van der Waals surface area contributed by atoms with Crippen molar-refractivity contribution >= 4 is 39.5 Å². The van der Waals surface area contributed by atoms with Gasteiger partial charge in [-0.25, -0.2) is 0 Å². The van der Waals surface area contributed by atoms with Gasteiger partial charge >= 0.3 is 11.2 Å². The van der Waals surface area contributed by atoms with Gasteiger partial charge < -0.3 is 19.3 Å². The summed E-state index contributed by atoms with van der Waals surface area (Å²) < 4.78 is 1.54. The van der Waals surface area contributed by atoms with Crippen molar-refractivity contribution < 1.29 is 9.72 Å². The molecule has 2 aromatic heterocycles. The van der Waals surface area contributed by atoms with E-state index in [2.05, 4.69) is 0 Å². The lowest BCUT2D eigenvalue weighted by Crippen LogP contribution is -2.49. The number of amides is 1. The Labute approximate surface area is 202 Å². The molecule has 3 aromatic rings. The van der Waals surface area contributed by atoms with E-state index in [9.17, 15) is 19.7 Å². The second-order valence-corrected chi connectivity index (χ2v) is 9.79. The SMILES string of the molecule is Cc1ccc2c(c1)c(N1CCN(C(=O)c3cccs3)CC1)c([N+](=O)[O-])c(=O)n2CCCN(C)C. The Morgan fingerprint density at radius 3 is 2.53 bits per heavy atom. The fraction of sp³-hybridized carbons (Fsp3) is 0.417. The summed E-state index contributed by atoms with van der Waals surface area (Å²) in [5, 5.41) is 14.7. The number of nitrogens with zero attached hydrogens (tertiary/aromatic N) is 5. The van der Waals surface area contributed by atoms with E-state index >= 15 is 0 Å². The molecule has 1 aliphatic rings. The monoisotopic (exact) mass is 483 g/mol. The number of benzene rings is 1. The third kappa shape index (κ3) is 4.69. The van der Waals surface area contributed by atoms with Gasteiger partial charge in [0.1, 0.15) is 5.69 Å². The molecule has 1 aliphatic heterocycles. The Hall–Kier alpha value is -3.24. The minimum Gasteiger partial charge on any atom is -0.362 e. The third-order valence-corrected chi connectivity index (χ3v) is 7.01. The van der Waals surface area contributed by atoms with Gasteiger partial charge in [0.05, 0.1) is 15.3 Å². The molecule has 34 heavy (non-hydrogen) atoms. The smallest absolute Gasteiger partial charge is 0.357 e. The highest BCUT2D eigenvalue weighted by Gasteiger charge is 2.32. The van der Waals surface area contributed by atoms with Crippen molar-refractivity contribution in [3.05, 3.63) is 66.6 Å². The van der Waals surface area contributed by atoms with Gasteiger partial charge in [-0.15, -0.1) is 11.3 Å². The summed E-state index contributed by atoms with van der Waals surface area (Å²) >= 11 is 1.40. The maximum Gasteiger partial charge on any atom is 0.357 e. The van der Waals surface area contributed by atoms with Gasteiger partial charge in [-0.3, -0.25) is 19.7 Å². The van der Waals surface area contributed by atoms with Crippen molar-refractivity contribution in [2.45, 2.75) is 19.9 Å². The van der Waals surface area contributed by atoms with Crippen molar-refractivity contribution in [3.63, 3.8) is 0 Å². The highest BCUT2D eigenvalue weighted by molar-refractivity contribution is 7.12. The van der Waals surface area contributed by atoms with E-state index in [0.29, 0.717) is 60.6 Å². The number of piperazine rings is 1. The fourth-order valence-corrected chi connectivity index (χ4v) is 5.17. The van der Waals surface area contributed by atoms with Crippen molar-refractivity contribution in [2.24, 2.45) is 0 Å². The average Bonchev–Trinajstić information content (AvgIpc) is 3.34. The number of thiophene rings is 1. The summed E-state index contributed by atoms with van der Waals surface area (Å²) in [5.74, 6) is -0.0267. The average molecular weight is 484 g/mol. The lowest BCUT2D eigenvalue weighted by molar-refractivity contribution is -0.385. The number of hydrogen-bond acceptors (Lipinski definition) is 7. The number of aryl methyl sites for hydroxylation is 2. The first-order valence-corrected chi connectivity index (χ1v) is 12.2. The first-order chi connectivity index (χ1) is 16.3. The molecule has 0 unspecified atom stereocenters. The van der Waals surface area contributed by atoms with E-state index < -0.39 is 10.5 Å². The normalized spacial score (nSPS) is 14.2. The summed E-state index contributed by atoms with van der Waals surface area (Å²) in [5.41, 5.74) is 1.06. The zero-order chi connectivity index (χ0) is 24.4. The lowest BCUT2D eigenvalue weighted by Gasteiger charge is -2.36. The van der Waals surface area contributed by atoms with E-state index in [1.54, 1.807) is 11.0 Å². The zero-order valence-corrected chi connectivity index (χ0v) is 20.5. The Bertz CT molecular complexity index is 1260. The molecule has 0 saturated carbocycles. The summed E-state index contributed by atoms with van der Waals surface area (Å²) in [6.45, 7) is 4.83.